The van der Waals surface area contributed by atoms with Gasteiger partial charge < -0.3 is 4.74 Å². The molecule has 0 saturated heterocycles. The van der Waals surface area contributed by atoms with Gasteiger partial charge in [-0.15, -0.1) is 0 Å². The van der Waals surface area contributed by atoms with E-state index in [1.54, 1.807) is 0 Å². The number of hydrogen-bond donors (Lipinski definition) is 0. The summed E-state index contributed by atoms with van der Waals surface area (Å²) in [5, 5.41) is 0. The summed E-state index contributed by atoms with van der Waals surface area (Å²) in [5.74, 6) is -0.227. The van der Waals surface area contributed by atoms with Crippen molar-refractivity contribution in [1.29, 1.82) is 0 Å². The highest BCUT2D eigenvalue weighted by Crippen LogP contribution is 2.26. The predicted molar refractivity (Wildman–Crippen MR) is 65.6 cm³/mol. The Morgan fingerprint density at radius 3 is 1.62 bits per heavy atom. The van der Waals surface area contributed by atoms with Gasteiger partial charge in [-0.25, -0.2) is 0 Å². The zero-order valence-corrected chi connectivity index (χ0v) is 11.0. The van der Waals surface area contributed by atoms with E-state index in [-0.39, 0.29) is 5.97 Å². The van der Waals surface area contributed by atoms with Crippen molar-refractivity contribution in [2.45, 2.75) is 48.1 Å². The van der Waals surface area contributed by atoms with Gasteiger partial charge in [-0.1, -0.05) is 0 Å². The molecule has 1 rings (SSSR count). The monoisotopic (exact) mass is 220 g/mol. The lowest BCUT2D eigenvalue weighted by Gasteiger charge is -2.18. The molecule has 1 aromatic carbocycles. The van der Waals surface area contributed by atoms with Crippen LogP contribution >= 0.6 is 0 Å². The second-order valence-electron chi connectivity index (χ2n) is 4.38. The van der Waals surface area contributed by atoms with Crippen molar-refractivity contribution in [3.63, 3.8) is 0 Å². The highest BCUT2D eigenvalue weighted by atomic mass is 16.5. The number of rotatable bonds is 2. The molecule has 0 heterocycles. The first-order chi connectivity index (χ1) is 7.36. The van der Waals surface area contributed by atoms with Crippen molar-refractivity contribution in [3.8, 4) is 0 Å². The van der Waals surface area contributed by atoms with Crippen LogP contribution < -0.4 is 0 Å². The highest BCUT2D eigenvalue weighted by Gasteiger charge is 2.12. The van der Waals surface area contributed by atoms with E-state index < -0.39 is 0 Å². The minimum Gasteiger partial charge on any atom is -0.461 e. The summed E-state index contributed by atoms with van der Waals surface area (Å²) in [4.78, 5) is 10.9. The van der Waals surface area contributed by atoms with E-state index in [0.717, 1.165) is 5.56 Å². The molecule has 0 N–H and O–H groups in total. The standard InChI is InChI=1S/C14H20O2/c1-8-9(2)11(4)14(7-16-13(6)15)12(5)10(8)3/h7H2,1-6H3. The third-order valence-corrected chi connectivity index (χ3v) is 3.58. The topological polar surface area (TPSA) is 26.3 Å². The molecule has 0 aliphatic carbocycles. The molecule has 0 fully saturated rings. The molecule has 2 heteroatoms. The SMILES string of the molecule is CC(=O)OCc1c(C)c(C)c(C)c(C)c1C. The Balaban J connectivity index is 3.23. The fourth-order valence-electron chi connectivity index (χ4n) is 1.97. The zero-order chi connectivity index (χ0) is 12.5. The lowest BCUT2D eigenvalue weighted by atomic mass is 9.90. The Kier molecular flexibility index (Phi) is 3.74. The van der Waals surface area contributed by atoms with Gasteiger partial charge in [0.05, 0.1) is 0 Å². The zero-order valence-electron chi connectivity index (χ0n) is 11.0. The first-order valence-electron chi connectivity index (χ1n) is 5.55. The maximum atomic E-state index is 10.9. The molecule has 16 heavy (non-hydrogen) atoms. The lowest BCUT2D eigenvalue weighted by Crippen LogP contribution is -2.06. The van der Waals surface area contributed by atoms with Crippen LogP contribution in [0.3, 0.4) is 0 Å². The Bertz CT molecular complexity index is 402. The number of carbonyl (C=O) groups is 1. The smallest absolute Gasteiger partial charge is 0.302 e. The van der Waals surface area contributed by atoms with Gasteiger partial charge in [0.1, 0.15) is 6.61 Å². The fraction of sp³-hybridized carbons (Fsp3) is 0.500. The summed E-state index contributed by atoms with van der Waals surface area (Å²) >= 11 is 0. The van der Waals surface area contributed by atoms with Gasteiger partial charge >= 0.3 is 5.97 Å². The molecule has 0 aromatic heterocycles. The minimum atomic E-state index is -0.227. The van der Waals surface area contributed by atoms with Crippen LogP contribution in [0, 0.1) is 34.6 Å². The summed E-state index contributed by atoms with van der Waals surface area (Å²) in [7, 11) is 0. The van der Waals surface area contributed by atoms with Gasteiger partial charge in [-0.2, -0.15) is 0 Å². The second kappa shape index (κ2) is 4.69. The molecule has 0 radical (unpaired) electrons. The lowest BCUT2D eigenvalue weighted by molar-refractivity contribution is -0.142. The van der Waals surface area contributed by atoms with Crippen LogP contribution in [0.2, 0.25) is 0 Å². The Morgan fingerprint density at radius 2 is 1.25 bits per heavy atom. The number of carbonyl (C=O) groups excluding carboxylic acids is 1. The second-order valence-corrected chi connectivity index (χ2v) is 4.38. The number of benzene rings is 1. The van der Waals surface area contributed by atoms with Gasteiger partial charge in [0, 0.05) is 6.92 Å². The van der Waals surface area contributed by atoms with Crippen molar-refractivity contribution >= 4 is 5.97 Å². The number of hydrogen-bond acceptors (Lipinski definition) is 2. The van der Waals surface area contributed by atoms with Gasteiger partial charge in [-0.3, -0.25) is 4.79 Å². The molecule has 0 spiro atoms. The summed E-state index contributed by atoms with van der Waals surface area (Å²) in [6.45, 7) is 12.4. The normalized spacial score (nSPS) is 10.4. The van der Waals surface area contributed by atoms with Crippen LogP contribution in [0.5, 0.6) is 0 Å². The van der Waals surface area contributed by atoms with E-state index in [1.165, 1.54) is 34.7 Å². The van der Waals surface area contributed by atoms with E-state index in [1.807, 2.05) is 0 Å². The average Bonchev–Trinajstić information content (AvgIpc) is 2.23. The van der Waals surface area contributed by atoms with Crippen molar-refractivity contribution in [1.82, 2.24) is 0 Å². The van der Waals surface area contributed by atoms with Gasteiger partial charge in [0.25, 0.3) is 0 Å². The van der Waals surface area contributed by atoms with E-state index in [0.29, 0.717) is 6.61 Å². The summed E-state index contributed by atoms with van der Waals surface area (Å²) in [6, 6.07) is 0. The molecule has 0 unspecified atom stereocenters. The third kappa shape index (κ3) is 2.26. The molecule has 0 aliphatic rings. The van der Waals surface area contributed by atoms with Crippen molar-refractivity contribution in [2.24, 2.45) is 0 Å². The van der Waals surface area contributed by atoms with Crippen molar-refractivity contribution in [2.75, 3.05) is 0 Å². The minimum absolute atomic E-state index is 0.227. The van der Waals surface area contributed by atoms with E-state index in [9.17, 15) is 4.79 Å². The molecule has 88 valence electrons. The molecule has 0 aliphatic heterocycles. The van der Waals surface area contributed by atoms with Crippen LogP contribution in [0.25, 0.3) is 0 Å². The van der Waals surface area contributed by atoms with E-state index >= 15 is 0 Å². The molecule has 0 saturated carbocycles. The first-order valence-corrected chi connectivity index (χ1v) is 5.55. The van der Waals surface area contributed by atoms with Gasteiger partial charge in [0.2, 0.25) is 0 Å². The maximum Gasteiger partial charge on any atom is 0.302 e. The fourth-order valence-corrected chi connectivity index (χ4v) is 1.97. The third-order valence-electron chi connectivity index (χ3n) is 3.58. The van der Waals surface area contributed by atoms with Crippen molar-refractivity contribution < 1.29 is 9.53 Å². The molecular weight excluding hydrogens is 200 g/mol. The quantitative estimate of drug-likeness (QED) is 0.715. The van der Waals surface area contributed by atoms with Gasteiger partial charge in [0.15, 0.2) is 0 Å². The Morgan fingerprint density at radius 1 is 0.875 bits per heavy atom. The number of ether oxygens (including phenoxy) is 1. The molecule has 1 aromatic rings. The highest BCUT2D eigenvalue weighted by molar-refractivity contribution is 5.66. The molecule has 0 atom stereocenters. The predicted octanol–water partition coefficient (Wildman–Crippen LogP) is 3.29. The number of esters is 1. The van der Waals surface area contributed by atoms with Crippen LogP contribution in [0.1, 0.15) is 40.3 Å². The van der Waals surface area contributed by atoms with Crippen LogP contribution in [-0.2, 0) is 16.1 Å². The Labute approximate surface area is 97.6 Å². The summed E-state index contributed by atoms with van der Waals surface area (Å²) < 4.78 is 5.10. The maximum absolute atomic E-state index is 10.9. The largest absolute Gasteiger partial charge is 0.461 e. The Hall–Kier alpha value is -1.31. The molecular formula is C14H20O2. The van der Waals surface area contributed by atoms with E-state index in [2.05, 4.69) is 34.6 Å². The van der Waals surface area contributed by atoms with Crippen LogP contribution in [-0.4, -0.2) is 5.97 Å². The molecule has 2 nitrogen and oxygen atoms in total. The summed E-state index contributed by atoms with van der Waals surface area (Å²) in [5.41, 5.74) is 7.55. The first kappa shape index (κ1) is 12.8. The molecule has 0 bridgehead atoms. The van der Waals surface area contributed by atoms with E-state index in [4.69, 9.17) is 4.74 Å². The van der Waals surface area contributed by atoms with Crippen LogP contribution in [0.15, 0.2) is 0 Å². The van der Waals surface area contributed by atoms with Crippen LogP contribution in [0.4, 0.5) is 0 Å². The summed E-state index contributed by atoms with van der Waals surface area (Å²) in [6.07, 6.45) is 0. The van der Waals surface area contributed by atoms with Gasteiger partial charge in [-0.05, 0) is 68.0 Å². The van der Waals surface area contributed by atoms with Crippen molar-refractivity contribution in [3.05, 3.63) is 33.4 Å². The average molecular weight is 220 g/mol. The molecule has 0 amide bonds.